The lowest BCUT2D eigenvalue weighted by atomic mass is 10.1. The highest BCUT2D eigenvalue weighted by molar-refractivity contribution is 7.89. The molecule has 3 rings (SSSR count). The summed E-state index contributed by atoms with van der Waals surface area (Å²) in [7, 11) is -3.51. The monoisotopic (exact) mass is 319 g/mol. The van der Waals surface area contributed by atoms with Crippen molar-refractivity contribution in [1.29, 1.82) is 0 Å². The number of morpholine rings is 1. The summed E-state index contributed by atoms with van der Waals surface area (Å²) in [5.74, 6) is 0. The van der Waals surface area contributed by atoms with E-state index < -0.39 is 10.0 Å². The molecule has 0 radical (unpaired) electrons. The zero-order valence-corrected chi connectivity index (χ0v) is 12.8. The lowest BCUT2D eigenvalue weighted by molar-refractivity contribution is -0.000538. The second-order valence-corrected chi connectivity index (χ2v) is 7.05. The van der Waals surface area contributed by atoms with Gasteiger partial charge >= 0.3 is 0 Å². The maximum atomic E-state index is 12.6. The normalized spacial score (nSPS) is 19.9. The summed E-state index contributed by atoms with van der Waals surface area (Å²) in [5.41, 5.74) is 1.04. The maximum Gasteiger partial charge on any atom is 0.244 e. The van der Waals surface area contributed by atoms with Gasteiger partial charge in [-0.1, -0.05) is 6.07 Å². The quantitative estimate of drug-likeness (QED) is 0.844. The molecule has 1 unspecified atom stereocenters. The van der Waals surface area contributed by atoms with Crippen LogP contribution in [0, 0.1) is 0 Å². The van der Waals surface area contributed by atoms with Gasteiger partial charge < -0.3 is 4.74 Å². The van der Waals surface area contributed by atoms with Crippen LogP contribution in [0.15, 0.2) is 53.9 Å². The Bertz CT molecular complexity index is 707. The van der Waals surface area contributed by atoms with Crippen molar-refractivity contribution >= 4 is 10.0 Å². The van der Waals surface area contributed by atoms with E-state index >= 15 is 0 Å². The van der Waals surface area contributed by atoms with Crippen molar-refractivity contribution in [2.75, 3.05) is 19.7 Å². The van der Waals surface area contributed by atoms with Crippen molar-refractivity contribution in [2.45, 2.75) is 17.4 Å². The summed E-state index contributed by atoms with van der Waals surface area (Å²) in [6.45, 7) is 1.09. The third-order valence-corrected chi connectivity index (χ3v) is 5.41. The molecule has 7 heteroatoms. The average Bonchev–Trinajstić information content (AvgIpc) is 2.57. The largest absolute Gasteiger partial charge is 0.375 e. The van der Waals surface area contributed by atoms with Gasteiger partial charge in [0.1, 0.15) is 4.90 Å². The first kappa shape index (κ1) is 15.1. The van der Waals surface area contributed by atoms with E-state index in [0.717, 1.165) is 5.56 Å². The number of aromatic nitrogens is 2. The summed E-state index contributed by atoms with van der Waals surface area (Å²) in [6, 6.07) is 7.02. The smallest absolute Gasteiger partial charge is 0.244 e. The molecular weight excluding hydrogens is 302 g/mol. The molecule has 22 heavy (non-hydrogen) atoms. The molecule has 0 aromatic carbocycles. The van der Waals surface area contributed by atoms with Crippen LogP contribution in [0.5, 0.6) is 0 Å². The molecule has 0 N–H and O–H groups in total. The molecule has 0 spiro atoms. The number of ether oxygens (including phenoxy) is 1. The van der Waals surface area contributed by atoms with Crippen LogP contribution in [0.2, 0.25) is 0 Å². The van der Waals surface area contributed by atoms with Crippen molar-refractivity contribution in [2.24, 2.45) is 0 Å². The summed E-state index contributed by atoms with van der Waals surface area (Å²) in [6.07, 6.45) is 6.91. The number of rotatable bonds is 4. The van der Waals surface area contributed by atoms with E-state index in [9.17, 15) is 8.42 Å². The van der Waals surface area contributed by atoms with Crippen LogP contribution >= 0.6 is 0 Å². The summed E-state index contributed by atoms with van der Waals surface area (Å²) >= 11 is 0. The lowest BCUT2D eigenvalue weighted by Crippen LogP contribution is -2.46. The average molecular weight is 319 g/mol. The fourth-order valence-electron chi connectivity index (χ4n) is 2.46. The molecule has 2 aromatic rings. The lowest BCUT2D eigenvalue weighted by Gasteiger charge is -2.32. The van der Waals surface area contributed by atoms with Gasteiger partial charge in [-0.05, 0) is 23.8 Å². The third-order valence-electron chi connectivity index (χ3n) is 3.56. The van der Waals surface area contributed by atoms with Gasteiger partial charge in [0, 0.05) is 44.3 Å². The van der Waals surface area contributed by atoms with Crippen molar-refractivity contribution in [3.8, 4) is 0 Å². The van der Waals surface area contributed by atoms with Crippen LogP contribution in [0.3, 0.4) is 0 Å². The van der Waals surface area contributed by atoms with E-state index in [0.29, 0.717) is 26.1 Å². The Morgan fingerprint density at radius 1 is 1.18 bits per heavy atom. The number of sulfonamides is 1. The predicted molar refractivity (Wildman–Crippen MR) is 80.7 cm³/mol. The molecule has 1 fully saturated rings. The first-order chi connectivity index (χ1) is 10.7. The number of pyridine rings is 2. The minimum absolute atomic E-state index is 0.163. The van der Waals surface area contributed by atoms with Crippen LogP contribution in [0.1, 0.15) is 5.56 Å². The van der Waals surface area contributed by atoms with E-state index in [1.807, 2.05) is 12.1 Å². The molecule has 0 saturated carbocycles. The topological polar surface area (TPSA) is 72.4 Å². The SMILES string of the molecule is O=S(=O)(c1cccnc1)N1CCOC(Cc2cccnc2)C1. The van der Waals surface area contributed by atoms with Crippen LogP contribution in [-0.4, -0.2) is 48.5 Å². The Balaban J connectivity index is 1.73. The molecular formula is C15H17N3O3S. The minimum Gasteiger partial charge on any atom is -0.375 e. The zero-order valence-electron chi connectivity index (χ0n) is 12.0. The van der Waals surface area contributed by atoms with Gasteiger partial charge in [0.25, 0.3) is 0 Å². The standard InChI is InChI=1S/C15H17N3O3S/c19-22(20,15-4-2-6-17-11-15)18-7-8-21-14(12-18)9-13-3-1-5-16-10-13/h1-6,10-11,14H,7-9,12H2. The van der Waals surface area contributed by atoms with Crippen LogP contribution < -0.4 is 0 Å². The summed E-state index contributed by atoms with van der Waals surface area (Å²) < 4.78 is 32.4. The van der Waals surface area contributed by atoms with Gasteiger partial charge in [0.2, 0.25) is 10.0 Å². The molecule has 0 amide bonds. The Morgan fingerprint density at radius 3 is 2.64 bits per heavy atom. The molecule has 1 saturated heterocycles. The van der Waals surface area contributed by atoms with E-state index in [2.05, 4.69) is 9.97 Å². The first-order valence-electron chi connectivity index (χ1n) is 7.07. The molecule has 6 nitrogen and oxygen atoms in total. The fraction of sp³-hybridized carbons (Fsp3) is 0.333. The van der Waals surface area contributed by atoms with Crippen LogP contribution in [0.4, 0.5) is 0 Å². The number of nitrogens with zero attached hydrogens (tertiary/aromatic N) is 3. The van der Waals surface area contributed by atoms with E-state index in [-0.39, 0.29) is 11.0 Å². The van der Waals surface area contributed by atoms with Crippen molar-refractivity contribution in [1.82, 2.24) is 14.3 Å². The molecule has 1 aliphatic rings. The molecule has 1 aliphatic heterocycles. The van der Waals surface area contributed by atoms with E-state index in [4.69, 9.17) is 4.74 Å². The maximum absolute atomic E-state index is 12.6. The third kappa shape index (κ3) is 3.32. The van der Waals surface area contributed by atoms with Gasteiger partial charge in [0.15, 0.2) is 0 Å². The van der Waals surface area contributed by atoms with Crippen LogP contribution in [-0.2, 0) is 21.2 Å². The van der Waals surface area contributed by atoms with Crippen molar-refractivity contribution in [3.63, 3.8) is 0 Å². The molecule has 3 heterocycles. The van der Waals surface area contributed by atoms with E-state index in [1.165, 1.54) is 10.5 Å². The highest BCUT2D eigenvalue weighted by Crippen LogP contribution is 2.19. The van der Waals surface area contributed by atoms with Gasteiger partial charge in [0.05, 0.1) is 12.7 Å². The first-order valence-corrected chi connectivity index (χ1v) is 8.51. The molecule has 0 aliphatic carbocycles. The van der Waals surface area contributed by atoms with E-state index in [1.54, 1.807) is 30.7 Å². The number of hydrogen-bond donors (Lipinski definition) is 0. The Morgan fingerprint density at radius 2 is 1.95 bits per heavy atom. The predicted octanol–water partition coefficient (Wildman–Crippen LogP) is 1.11. The minimum atomic E-state index is -3.51. The van der Waals surface area contributed by atoms with Crippen molar-refractivity contribution in [3.05, 3.63) is 54.6 Å². The van der Waals surface area contributed by atoms with Gasteiger partial charge in [-0.25, -0.2) is 8.42 Å². The highest BCUT2D eigenvalue weighted by atomic mass is 32.2. The summed E-state index contributed by atoms with van der Waals surface area (Å²) in [4.78, 5) is 8.18. The Labute approximate surface area is 129 Å². The van der Waals surface area contributed by atoms with Gasteiger partial charge in [-0.2, -0.15) is 4.31 Å². The molecule has 2 aromatic heterocycles. The second kappa shape index (κ2) is 6.51. The summed E-state index contributed by atoms with van der Waals surface area (Å²) in [5, 5.41) is 0. The molecule has 116 valence electrons. The Kier molecular flexibility index (Phi) is 4.47. The zero-order chi connectivity index (χ0) is 15.4. The fourth-order valence-corrected chi connectivity index (χ4v) is 3.88. The molecule has 1 atom stereocenters. The highest BCUT2D eigenvalue weighted by Gasteiger charge is 2.30. The molecule has 0 bridgehead atoms. The second-order valence-electron chi connectivity index (χ2n) is 5.11. The van der Waals surface area contributed by atoms with Gasteiger partial charge in [-0.3, -0.25) is 9.97 Å². The van der Waals surface area contributed by atoms with Crippen LogP contribution in [0.25, 0.3) is 0 Å². The number of hydrogen-bond acceptors (Lipinski definition) is 5. The van der Waals surface area contributed by atoms with Crippen molar-refractivity contribution < 1.29 is 13.2 Å². The Hall–Kier alpha value is -1.83. The van der Waals surface area contributed by atoms with Gasteiger partial charge in [-0.15, -0.1) is 0 Å².